The second-order valence-electron chi connectivity index (χ2n) is 4.02. The van der Waals surface area contributed by atoms with Crippen LogP contribution in [0.5, 0.6) is 5.75 Å². The third-order valence-corrected chi connectivity index (χ3v) is 3.50. The molecule has 0 aliphatic rings. The molecular formula is C15H13IO2. The van der Waals surface area contributed by atoms with Crippen molar-refractivity contribution in [1.82, 2.24) is 0 Å². The number of benzene rings is 2. The van der Waals surface area contributed by atoms with E-state index in [1.807, 2.05) is 43.3 Å². The maximum absolute atomic E-state index is 12.3. The second kappa shape index (κ2) is 5.52. The van der Waals surface area contributed by atoms with Gasteiger partial charge in [0.25, 0.3) is 0 Å². The van der Waals surface area contributed by atoms with Crippen LogP contribution in [0.25, 0.3) is 0 Å². The quantitative estimate of drug-likeness (QED) is 0.620. The maximum Gasteiger partial charge on any atom is 0.193 e. The number of aryl methyl sites for hydroxylation is 1. The SMILES string of the molecule is COc1cc(C(=O)c2ccc(I)cc2)ccc1C. The van der Waals surface area contributed by atoms with E-state index in [-0.39, 0.29) is 5.78 Å². The number of methoxy groups -OCH3 is 1. The fourth-order valence-electron chi connectivity index (χ4n) is 1.73. The van der Waals surface area contributed by atoms with Crippen LogP contribution >= 0.6 is 22.6 Å². The molecule has 0 saturated carbocycles. The number of carbonyl (C=O) groups excluding carboxylic acids is 1. The molecule has 2 aromatic carbocycles. The van der Waals surface area contributed by atoms with E-state index in [0.29, 0.717) is 11.1 Å². The van der Waals surface area contributed by atoms with Gasteiger partial charge in [0.05, 0.1) is 7.11 Å². The summed E-state index contributed by atoms with van der Waals surface area (Å²) in [7, 11) is 1.61. The molecule has 0 atom stereocenters. The minimum Gasteiger partial charge on any atom is -0.496 e. The summed E-state index contributed by atoms with van der Waals surface area (Å²) in [6.45, 7) is 1.96. The Morgan fingerprint density at radius 2 is 1.67 bits per heavy atom. The van der Waals surface area contributed by atoms with Crippen LogP contribution in [0.2, 0.25) is 0 Å². The fraction of sp³-hybridized carbons (Fsp3) is 0.133. The Hall–Kier alpha value is -1.36. The van der Waals surface area contributed by atoms with Crippen LogP contribution in [0.4, 0.5) is 0 Å². The van der Waals surface area contributed by atoms with E-state index in [9.17, 15) is 4.79 Å². The Morgan fingerprint density at radius 3 is 2.28 bits per heavy atom. The van der Waals surface area contributed by atoms with Crippen molar-refractivity contribution in [3.63, 3.8) is 0 Å². The Kier molecular flexibility index (Phi) is 4.01. The summed E-state index contributed by atoms with van der Waals surface area (Å²) in [5.41, 5.74) is 2.37. The molecule has 0 aromatic heterocycles. The third-order valence-electron chi connectivity index (χ3n) is 2.78. The van der Waals surface area contributed by atoms with Crippen molar-refractivity contribution in [1.29, 1.82) is 0 Å². The topological polar surface area (TPSA) is 26.3 Å². The van der Waals surface area contributed by atoms with Gasteiger partial charge in [-0.3, -0.25) is 4.79 Å². The second-order valence-corrected chi connectivity index (χ2v) is 5.27. The standard InChI is InChI=1S/C15H13IO2/c1-10-3-4-12(9-14(10)18-2)15(17)11-5-7-13(16)8-6-11/h3-9H,1-2H3. The molecule has 0 fully saturated rings. The smallest absolute Gasteiger partial charge is 0.193 e. The van der Waals surface area contributed by atoms with Gasteiger partial charge >= 0.3 is 0 Å². The minimum absolute atomic E-state index is 0.0182. The summed E-state index contributed by atoms with van der Waals surface area (Å²) in [5.74, 6) is 0.760. The predicted octanol–water partition coefficient (Wildman–Crippen LogP) is 3.84. The number of hydrogen-bond donors (Lipinski definition) is 0. The first-order valence-electron chi connectivity index (χ1n) is 5.56. The molecule has 0 aliphatic carbocycles. The summed E-state index contributed by atoms with van der Waals surface area (Å²) in [6.07, 6.45) is 0. The van der Waals surface area contributed by atoms with Crippen LogP contribution in [0.1, 0.15) is 21.5 Å². The lowest BCUT2D eigenvalue weighted by molar-refractivity contribution is 0.103. The molecule has 0 N–H and O–H groups in total. The average molecular weight is 352 g/mol. The van der Waals surface area contributed by atoms with Crippen LogP contribution in [-0.4, -0.2) is 12.9 Å². The molecule has 92 valence electrons. The van der Waals surface area contributed by atoms with Crippen molar-refractivity contribution in [2.75, 3.05) is 7.11 Å². The zero-order chi connectivity index (χ0) is 13.1. The van der Waals surface area contributed by atoms with Gasteiger partial charge in [-0.05, 0) is 65.4 Å². The molecule has 0 saturated heterocycles. The first-order chi connectivity index (χ1) is 8.61. The van der Waals surface area contributed by atoms with E-state index in [0.717, 1.165) is 14.9 Å². The van der Waals surface area contributed by atoms with Crippen molar-refractivity contribution < 1.29 is 9.53 Å². The van der Waals surface area contributed by atoms with Gasteiger partial charge in [0.1, 0.15) is 5.75 Å². The van der Waals surface area contributed by atoms with Crippen molar-refractivity contribution in [3.05, 3.63) is 62.7 Å². The highest BCUT2D eigenvalue weighted by Crippen LogP contribution is 2.21. The lowest BCUT2D eigenvalue weighted by Crippen LogP contribution is -2.02. The third kappa shape index (κ3) is 2.72. The first kappa shape index (κ1) is 13.1. The summed E-state index contributed by atoms with van der Waals surface area (Å²) in [5, 5.41) is 0. The zero-order valence-corrected chi connectivity index (χ0v) is 12.4. The van der Waals surface area contributed by atoms with E-state index in [1.54, 1.807) is 13.2 Å². The highest BCUT2D eigenvalue weighted by Gasteiger charge is 2.10. The highest BCUT2D eigenvalue weighted by molar-refractivity contribution is 14.1. The molecule has 0 spiro atoms. The summed E-state index contributed by atoms with van der Waals surface area (Å²) >= 11 is 2.22. The normalized spacial score (nSPS) is 10.2. The van der Waals surface area contributed by atoms with Crippen molar-refractivity contribution in [2.45, 2.75) is 6.92 Å². The van der Waals surface area contributed by atoms with Gasteiger partial charge in [-0.2, -0.15) is 0 Å². The minimum atomic E-state index is 0.0182. The molecule has 3 heteroatoms. The van der Waals surface area contributed by atoms with Crippen LogP contribution in [0.3, 0.4) is 0 Å². The van der Waals surface area contributed by atoms with Gasteiger partial charge in [-0.15, -0.1) is 0 Å². The van der Waals surface area contributed by atoms with E-state index in [1.165, 1.54) is 0 Å². The molecule has 0 heterocycles. The largest absolute Gasteiger partial charge is 0.496 e. The Balaban J connectivity index is 2.37. The molecular weight excluding hydrogens is 339 g/mol. The van der Waals surface area contributed by atoms with E-state index in [4.69, 9.17) is 4.74 Å². The molecule has 18 heavy (non-hydrogen) atoms. The number of rotatable bonds is 3. The number of carbonyl (C=O) groups is 1. The summed E-state index contributed by atoms with van der Waals surface area (Å²) in [4.78, 5) is 12.3. The number of halogens is 1. The number of hydrogen-bond acceptors (Lipinski definition) is 2. The van der Waals surface area contributed by atoms with E-state index < -0.39 is 0 Å². The van der Waals surface area contributed by atoms with Crippen LogP contribution in [0.15, 0.2) is 42.5 Å². The highest BCUT2D eigenvalue weighted by atomic mass is 127. The molecule has 2 aromatic rings. The first-order valence-corrected chi connectivity index (χ1v) is 6.64. The fourth-order valence-corrected chi connectivity index (χ4v) is 2.09. The van der Waals surface area contributed by atoms with Crippen molar-refractivity contribution in [2.24, 2.45) is 0 Å². The summed E-state index contributed by atoms with van der Waals surface area (Å²) < 4.78 is 6.35. The molecule has 0 amide bonds. The summed E-state index contributed by atoms with van der Waals surface area (Å²) in [6, 6.07) is 13.1. The molecule has 0 bridgehead atoms. The van der Waals surface area contributed by atoms with Crippen LogP contribution in [-0.2, 0) is 0 Å². The van der Waals surface area contributed by atoms with Gasteiger partial charge in [0.2, 0.25) is 0 Å². The molecule has 2 nitrogen and oxygen atoms in total. The van der Waals surface area contributed by atoms with Crippen molar-refractivity contribution in [3.8, 4) is 5.75 Å². The molecule has 0 unspecified atom stereocenters. The van der Waals surface area contributed by atoms with Gasteiger partial charge in [0.15, 0.2) is 5.78 Å². The van der Waals surface area contributed by atoms with Gasteiger partial charge in [-0.1, -0.05) is 12.1 Å². The lowest BCUT2D eigenvalue weighted by Gasteiger charge is -2.07. The molecule has 0 radical (unpaired) electrons. The zero-order valence-electron chi connectivity index (χ0n) is 10.2. The van der Waals surface area contributed by atoms with Gasteiger partial charge in [-0.25, -0.2) is 0 Å². The molecule has 0 aliphatic heterocycles. The average Bonchev–Trinajstić information content (AvgIpc) is 2.39. The van der Waals surface area contributed by atoms with Crippen molar-refractivity contribution >= 4 is 28.4 Å². The van der Waals surface area contributed by atoms with Gasteiger partial charge < -0.3 is 4.74 Å². The van der Waals surface area contributed by atoms with Gasteiger partial charge in [0, 0.05) is 14.7 Å². The monoisotopic (exact) mass is 352 g/mol. The molecule has 2 rings (SSSR count). The number of ketones is 1. The number of ether oxygens (including phenoxy) is 1. The Labute approximate surface area is 120 Å². The van der Waals surface area contributed by atoms with E-state index >= 15 is 0 Å². The predicted molar refractivity (Wildman–Crippen MR) is 80.3 cm³/mol. The van der Waals surface area contributed by atoms with Crippen LogP contribution < -0.4 is 4.74 Å². The van der Waals surface area contributed by atoms with E-state index in [2.05, 4.69) is 22.6 Å². The maximum atomic E-state index is 12.3. The Bertz CT molecular complexity index is 574. The lowest BCUT2D eigenvalue weighted by atomic mass is 10.0. The van der Waals surface area contributed by atoms with Crippen LogP contribution in [0, 0.1) is 10.5 Å². The Morgan fingerprint density at radius 1 is 1.06 bits per heavy atom.